The van der Waals surface area contributed by atoms with Crippen molar-refractivity contribution in [2.75, 3.05) is 6.54 Å². The van der Waals surface area contributed by atoms with Crippen LogP contribution in [-0.4, -0.2) is 38.4 Å². The Morgan fingerprint density at radius 2 is 2.11 bits per heavy atom. The van der Waals surface area contributed by atoms with E-state index in [9.17, 15) is 4.79 Å². The molecule has 1 aliphatic heterocycles. The number of aryl methyl sites for hydroxylation is 1. The van der Waals surface area contributed by atoms with Crippen LogP contribution in [0.25, 0.3) is 11.3 Å². The van der Waals surface area contributed by atoms with Crippen molar-refractivity contribution in [2.45, 2.75) is 58.5 Å². The number of amides is 1. The summed E-state index contributed by atoms with van der Waals surface area (Å²) in [4.78, 5) is 13.8. The van der Waals surface area contributed by atoms with Crippen LogP contribution < -0.4 is 0 Å². The molecule has 2 fully saturated rings. The first kappa shape index (κ1) is 17.8. The van der Waals surface area contributed by atoms with Crippen molar-refractivity contribution in [1.82, 2.24) is 19.9 Å². The van der Waals surface area contributed by atoms with Crippen LogP contribution in [0.3, 0.4) is 0 Å². The Morgan fingerprint density at radius 1 is 1.26 bits per heavy atom. The number of hydrogen-bond donors (Lipinski definition) is 0. The lowest BCUT2D eigenvalue weighted by Gasteiger charge is -2.34. The monoisotopic (exact) mass is 362 g/mol. The number of likely N-dealkylation sites (tertiary alicyclic amines) is 1. The molecule has 2 heterocycles. The molecule has 0 spiro atoms. The largest absolute Gasteiger partial charge is 0.338 e. The number of nitrogens with zero attached hydrogens (tertiary/aromatic N) is 4. The van der Waals surface area contributed by atoms with E-state index >= 15 is 0 Å². The average molecular weight is 362 g/mol. The van der Waals surface area contributed by atoms with Crippen molar-refractivity contribution in [3.63, 3.8) is 0 Å². The van der Waals surface area contributed by atoms with Gasteiger partial charge < -0.3 is 4.90 Å². The van der Waals surface area contributed by atoms with Gasteiger partial charge in [0.1, 0.15) is 5.69 Å². The molecule has 0 unspecified atom stereocenters. The summed E-state index contributed by atoms with van der Waals surface area (Å²) in [5.74, 6) is 7.34. The molecular weight excluding hydrogens is 336 g/mol. The standard InChI is InChI=1S/C22H26N4O/c1-16-13-19(9-8-18-6-7-18)10-11-21(16)22-15-25(24-23-22)14-20-5-3-4-12-26(20)17(2)27/h10-11,13,15,18,20H,3-7,12,14H2,1-2H3/t20-/m1/s1. The van der Waals surface area contributed by atoms with Gasteiger partial charge in [0.05, 0.1) is 18.8 Å². The Kier molecular flexibility index (Phi) is 4.98. The van der Waals surface area contributed by atoms with Crippen molar-refractivity contribution in [1.29, 1.82) is 0 Å². The van der Waals surface area contributed by atoms with Crippen molar-refractivity contribution in [2.24, 2.45) is 5.92 Å². The number of piperidine rings is 1. The highest BCUT2D eigenvalue weighted by atomic mass is 16.2. The Morgan fingerprint density at radius 3 is 2.85 bits per heavy atom. The second-order valence-corrected chi connectivity index (χ2v) is 7.76. The van der Waals surface area contributed by atoms with Crippen LogP contribution in [0.5, 0.6) is 0 Å². The lowest BCUT2D eigenvalue weighted by molar-refractivity contribution is -0.132. The zero-order valence-electron chi connectivity index (χ0n) is 16.1. The van der Waals surface area contributed by atoms with Crippen molar-refractivity contribution < 1.29 is 4.79 Å². The van der Waals surface area contributed by atoms with Gasteiger partial charge in [-0.05, 0) is 56.7 Å². The zero-order valence-corrected chi connectivity index (χ0v) is 16.1. The maximum Gasteiger partial charge on any atom is 0.219 e. The molecule has 1 aliphatic carbocycles. The quantitative estimate of drug-likeness (QED) is 0.786. The number of carbonyl (C=O) groups excluding carboxylic acids is 1. The van der Waals surface area contributed by atoms with Crippen LogP contribution >= 0.6 is 0 Å². The number of benzene rings is 1. The summed E-state index contributed by atoms with van der Waals surface area (Å²) >= 11 is 0. The summed E-state index contributed by atoms with van der Waals surface area (Å²) in [5.41, 5.74) is 4.19. The van der Waals surface area contributed by atoms with E-state index in [1.54, 1.807) is 6.92 Å². The van der Waals surface area contributed by atoms with Gasteiger partial charge >= 0.3 is 0 Å². The van der Waals surface area contributed by atoms with Crippen molar-refractivity contribution in [3.8, 4) is 23.1 Å². The van der Waals surface area contributed by atoms with Gasteiger partial charge in [-0.1, -0.05) is 23.1 Å². The molecule has 5 heteroatoms. The van der Waals surface area contributed by atoms with Gasteiger partial charge in [-0.25, -0.2) is 4.68 Å². The third-order valence-corrected chi connectivity index (χ3v) is 5.47. The summed E-state index contributed by atoms with van der Waals surface area (Å²) in [6, 6.07) is 6.49. The van der Waals surface area contributed by atoms with Crippen LogP contribution in [0.4, 0.5) is 0 Å². The summed E-state index contributed by atoms with van der Waals surface area (Å²) in [6.07, 6.45) is 7.77. The molecule has 1 atom stereocenters. The molecule has 1 amide bonds. The van der Waals surface area contributed by atoms with E-state index < -0.39 is 0 Å². The van der Waals surface area contributed by atoms with E-state index in [0.29, 0.717) is 12.5 Å². The molecule has 140 valence electrons. The second-order valence-electron chi connectivity index (χ2n) is 7.76. The van der Waals surface area contributed by atoms with Crippen molar-refractivity contribution in [3.05, 3.63) is 35.5 Å². The Bertz CT molecular complexity index is 901. The van der Waals surface area contributed by atoms with E-state index in [4.69, 9.17) is 0 Å². The molecule has 1 aromatic carbocycles. The van der Waals surface area contributed by atoms with Gasteiger partial charge in [-0.15, -0.1) is 5.10 Å². The second kappa shape index (κ2) is 7.56. The molecule has 27 heavy (non-hydrogen) atoms. The molecule has 2 aromatic rings. The highest BCUT2D eigenvalue weighted by molar-refractivity contribution is 5.73. The predicted octanol–water partition coefficient (Wildman–Crippen LogP) is 3.42. The van der Waals surface area contributed by atoms with Gasteiger partial charge in [0.15, 0.2) is 0 Å². The first-order valence-corrected chi connectivity index (χ1v) is 9.90. The van der Waals surface area contributed by atoms with E-state index in [2.05, 4.69) is 47.3 Å². The maximum atomic E-state index is 11.9. The van der Waals surface area contributed by atoms with Gasteiger partial charge in [-0.3, -0.25) is 4.79 Å². The van der Waals surface area contributed by atoms with Crippen LogP contribution in [0.1, 0.15) is 50.2 Å². The Hall–Kier alpha value is -2.61. The minimum absolute atomic E-state index is 0.152. The molecule has 5 nitrogen and oxygen atoms in total. The maximum absolute atomic E-state index is 11.9. The SMILES string of the molecule is CC(=O)N1CCCC[C@@H]1Cn1cc(-c2ccc(C#CC3CC3)cc2C)nn1. The molecular formula is C22H26N4O. The summed E-state index contributed by atoms with van der Waals surface area (Å²) < 4.78 is 1.88. The van der Waals surface area contributed by atoms with E-state index in [0.717, 1.165) is 41.8 Å². The third-order valence-electron chi connectivity index (χ3n) is 5.47. The van der Waals surface area contributed by atoms with Crippen LogP contribution in [0.15, 0.2) is 24.4 Å². The lowest BCUT2D eigenvalue weighted by atomic mass is 10.0. The normalized spacial score (nSPS) is 19.5. The van der Waals surface area contributed by atoms with E-state index in [1.807, 2.05) is 15.8 Å². The number of hydrogen-bond acceptors (Lipinski definition) is 3. The molecule has 2 aliphatic rings. The average Bonchev–Trinajstić information content (AvgIpc) is 3.38. The van der Waals surface area contributed by atoms with Gasteiger partial charge in [0, 0.05) is 30.5 Å². The van der Waals surface area contributed by atoms with Crippen LogP contribution in [0.2, 0.25) is 0 Å². The molecule has 1 aromatic heterocycles. The first-order chi connectivity index (χ1) is 13.1. The molecule has 4 rings (SSSR count). The number of aromatic nitrogens is 3. The van der Waals surface area contributed by atoms with Crippen LogP contribution in [0, 0.1) is 24.7 Å². The fraction of sp³-hybridized carbons (Fsp3) is 0.500. The molecule has 1 saturated carbocycles. The summed E-state index contributed by atoms with van der Waals surface area (Å²) in [5, 5.41) is 8.68. The predicted molar refractivity (Wildman–Crippen MR) is 105 cm³/mol. The minimum Gasteiger partial charge on any atom is -0.338 e. The number of carbonyl (C=O) groups is 1. The van der Waals surface area contributed by atoms with Gasteiger partial charge in [0.25, 0.3) is 0 Å². The summed E-state index contributed by atoms with van der Waals surface area (Å²) in [7, 11) is 0. The highest BCUT2D eigenvalue weighted by Crippen LogP contribution is 2.28. The highest BCUT2D eigenvalue weighted by Gasteiger charge is 2.25. The van der Waals surface area contributed by atoms with E-state index in [1.165, 1.54) is 19.3 Å². The van der Waals surface area contributed by atoms with Gasteiger partial charge in [0.2, 0.25) is 5.91 Å². The molecule has 0 N–H and O–H groups in total. The number of rotatable bonds is 3. The smallest absolute Gasteiger partial charge is 0.219 e. The van der Waals surface area contributed by atoms with Gasteiger partial charge in [-0.2, -0.15) is 0 Å². The van der Waals surface area contributed by atoms with Crippen LogP contribution in [-0.2, 0) is 11.3 Å². The minimum atomic E-state index is 0.152. The Balaban J connectivity index is 1.49. The van der Waals surface area contributed by atoms with E-state index in [-0.39, 0.29) is 11.9 Å². The summed E-state index contributed by atoms with van der Waals surface area (Å²) in [6.45, 7) is 5.30. The lowest BCUT2D eigenvalue weighted by Crippen LogP contribution is -2.44. The molecule has 0 bridgehead atoms. The molecule has 1 saturated heterocycles. The fourth-order valence-electron chi connectivity index (χ4n) is 3.77. The molecule has 0 radical (unpaired) electrons. The fourth-order valence-corrected chi connectivity index (χ4v) is 3.77. The van der Waals surface area contributed by atoms with Crippen molar-refractivity contribution >= 4 is 5.91 Å². The zero-order chi connectivity index (χ0) is 18.8. The Labute approximate surface area is 160 Å². The topological polar surface area (TPSA) is 51.0 Å². The third kappa shape index (κ3) is 4.21. The first-order valence-electron chi connectivity index (χ1n) is 9.90.